The molecule has 160 valence electrons. The predicted molar refractivity (Wildman–Crippen MR) is 98.9 cm³/mol. The smallest absolute Gasteiger partial charge is 0.416 e. The van der Waals surface area contributed by atoms with Crippen LogP contribution in [0, 0.1) is 5.82 Å². The van der Waals surface area contributed by atoms with E-state index < -0.39 is 38.2 Å². The quantitative estimate of drug-likeness (QED) is 0.583. The van der Waals surface area contributed by atoms with Crippen molar-refractivity contribution in [1.82, 2.24) is 9.78 Å². The minimum absolute atomic E-state index is 0.0115. The van der Waals surface area contributed by atoms with Crippen molar-refractivity contribution in [3.63, 3.8) is 0 Å². The largest absolute Gasteiger partial charge is 0.493 e. The van der Waals surface area contributed by atoms with Crippen molar-refractivity contribution < 1.29 is 35.5 Å². The van der Waals surface area contributed by atoms with Gasteiger partial charge in [0.25, 0.3) is 10.0 Å². The Morgan fingerprint density at radius 3 is 2.30 bits per heavy atom. The summed E-state index contributed by atoms with van der Waals surface area (Å²) >= 11 is 0. The Bertz CT molecular complexity index is 1160. The molecular weight excluding hydrogens is 430 g/mol. The lowest BCUT2D eigenvalue weighted by Gasteiger charge is -2.17. The molecular formula is C18H15F4N3O4S. The number of hydrogen-bond acceptors (Lipinski definition) is 5. The lowest BCUT2D eigenvalue weighted by atomic mass is 10.1. The molecule has 30 heavy (non-hydrogen) atoms. The third-order valence-electron chi connectivity index (χ3n) is 4.05. The summed E-state index contributed by atoms with van der Waals surface area (Å²) in [4.78, 5) is -0.830. The summed E-state index contributed by atoms with van der Waals surface area (Å²) in [7, 11) is -2.18. The van der Waals surface area contributed by atoms with Crippen LogP contribution < -0.4 is 14.2 Å². The van der Waals surface area contributed by atoms with E-state index in [9.17, 15) is 26.0 Å². The number of nitrogens with zero attached hydrogens (tertiary/aromatic N) is 2. The maximum atomic E-state index is 14.4. The van der Waals surface area contributed by atoms with E-state index in [0.29, 0.717) is 6.07 Å². The first-order chi connectivity index (χ1) is 14.1. The molecule has 0 saturated heterocycles. The maximum absolute atomic E-state index is 14.4. The number of ether oxygens (including phenoxy) is 2. The number of aromatic nitrogens is 2. The summed E-state index contributed by atoms with van der Waals surface area (Å²) in [5, 5.41) is 3.90. The molecule has 0 saturated carbocycles. The van der Waals surface area contributed by atoms with Crippen molar-refractivity contribution in [3.05, 3.63) is 60.2 Å². The highest BCUT2D eigenvalue weighted by molar-refractivity contribution is 7.92. The van der Waals surface area contributed by atoms with Crippen molar-refractivity contribution in [1.29, 1.82) is 0 Å². The molecule has 2 aromatic carbocycles. The Kier molecular flexibility index (Phi) is 5.61. The van der Waals surface area contributed by atoms with Crippen molar-refractivity contribution >= 4 is 15.7 Å². The van der Waals surface area contributed by atoms with E-state index in [4.69, 9.17) is 9.47 Å². The second kappa shape index (κ2) is 7.86. The van der Waals surface area contributed by atoms with Gasteiger partial charge in [0.2, 0.25) is 0 Å². The highest BCUT2D eigenvalue weighted by Crippen LogP contribution is 2.36. The van der Waals surface area contributed by atoms with Gasteiger partial charge in [0.15, 0.2) is 11.5 Å². The molecule has 0 aliphatic heterocycles. The van der Waals surface area contributed by atoms with Crippen LogP contribution in [-0.4, -0.2) is 32.4 Å². The normalized spacial score (nSPS) is 11.9. The molecule has 0 unspecified atom stereocenters. The Balaban J connectivity index is 2.13. The molecule has 1 aromatic heterocycles. The molecule has 1 N–H and O–H groups in total. The fraction of sp³-hybridized carbons (Fsp3) is 0.167. The molecule has 3 rings (SSSR count). The molecule has 7 nitrogen and oxygen atoms in total. The molecule has 0 fully saturated rings. The van der Waals surface area contributed by atoms with Crippen LogP contribution in [0.1, 0.15) is 5.56 Å². The summed E-state index contributed by atoms with van der Waals surface area (Å²) in [6.45, 7) is 0. The minimum Gasteiger partial charge on any atom is -0.493 e. The third-order valence-corrected chi connectivity index (χ3v) is 5.43. The second-order valence-electron chi connectivity index (χ2n) is 5.92. The van der Waals surface area contributed by atoms with E-state index in [2.05, 4.69) is 5.10 Å². The third kappa shape index (κ3) is 4.17. The number of benzene rings is 2. The number of hydrogen-bond donors (Lipinski definition) is 1. The van der Waals surface area contributed by atoms with Crippen molar-refractivity contribution in [2.45, 2.75) is 11.1 Å². The van der Waals surface area contributed by atoms with Crippen molar-refractivity contribution in [3.8, 4) is 17.2 Å². The van der Waals surface area contributed by atoms with Gasteiger partial charge in [-0.3, -0.25) is 4.72 Å². The predicted octanol–water partition coefficient (Wildman–Crippen LogP) is 3.85. The maximum Gasteiger partial charge on any atom is 0.416 e. The average Bonchev–Trinajstić information content (AvgIpc) is 3.21. The van der Waals surface area contributed by atoms with Gasteiger partial charge in [0.05, 0.1) is 31.2 Å². The number of anilines is 1. The fourth-order valence-electron chi connectivity index (χ4n) is 2.65. The van der Waals surface area contributed by atoms with Crippen molar-refractivity contribution in [2.24, 2.45) is 0 Å². The monoisotopic (exact) mass is 445 g/mol. The summed E-state index contributed by atoms with van der Waals surface area (Å²) < 4.78 is 92.6. The van der Waals surface area contributed by atoms with E-state index in [1.165, 1.54) is 37.4 Å². The lowest BCUT2D eigenvalue weighted by Crippen LogP contribution is -2.17. The number of halogens is 4. The van der Waals surface area contributed by atoms with E-state index >= 15 is 0 Å². The fourth-order valence-corrected chi connectivity index (χ4v) is 3.79. The highest BCUT2D eigenvalue weighted by atomic mass is 32.2. The average molecular weight is 445 g/mol. The number of alkyl halides is 3. The molecule has 12 heteroatoms. The van der Waals surface area contributed by atoms with E-state index in [0.717, 1.165) is 24.3 Å². The molecule has 0 atom stereocenters. The molecule has 0 bridgehead atoms. The van der Waals surface area contributed by atoms with Crippen LogP contribution in [0.25, 0.3) is 5.69 Å². The van der Waals surface area contributed by atoms with E-state index in [1.807, 2.05) is 4.72 Å². The summed E-state index contributed by atoms with van der Waals surface area (Å²) in [5.41, 5.74) is -1.52. The molecule has 0 amide bonds. The van der Waals surface area contributed by atoms with Crippen molar-refractivity contribution in [2.75, 3.05) is 18.9 Å². The number of rotatable bonds is 6. The minimum atomic E-state index is -4.72. The van der Waals surface area contributed by atoms with Gasteiger partial charge in [-0.15, -0.1) is 0 Å². The van der Waals surface area contributed by atoms with Gasteiger partial charge in [-0.05, 0) is 24.3 Å². The molecule has 0 radical (unpaired) electrons. The van der Waals surface area contributed by atoms with Gasteiger partial charge in [0.1, 0.15) is 10.7 Å². The van der Waals surface area contributed by atoms with E-state index in [1.54, 1.807) is 0 Å². The number of methoxy groups -OCH3 is 2. The SMILES string of the molecule is COc1cc(F)c(S(=O)(=O)Nc2cc(C(F)(F)F)ccc2-n2cccn2)cc1OC. The van der Waals surface area contributed by atoms with Crippen LogP contribution in [0.3, 0.4) is 0 Å². The van der Waals surface area contributed by atoms with Crippen LogP contribution in [0.2, 0.25) is 0 Å². The zero-order chi connectivity index (χ0) is 22.1. The van der Waals surface area contributed by atoms with Gasteiger partial charge in [0, 0.05) is 24.5 Å². The first kappa shape index (κ1) is 21.4. The van der Waals surface area contributed by atoms with Gasteiger partial charge < -0.3 is 9.47 Å². The highest BCUT2D eigenvalue weighted by Gasteiger charge is 2.32. The van der Waals surface area contributed by atoms with Crippen LogP contribution in [0.5, 0.6) is 11.5 Å². The zero-order valence-corrected chi connectivity index (χ0v) is 16.4. The van der Waals surface area contributed by atoms with Crippen LogP contribution in [0.4, 0.5) is 23.2 Å². The number of sulfonamides is 1. The first-order valence-electron chi connectivity index (χ1n) is 8.22. The van der Waals surface area contributed by atoms with E-state index in [-0.39, 0.29) is 17.2 Å². The first-order valence-corrected chi connectivity index (χ1v) is 9.70. The molecule has 0 aliphatic rings. The Morgan fingerprint density at radius 2 is 1.73 bits per heavy atom. The van der Waals surface area contributed by atoms with Gasteiger partial charge >= 0.3 is 6.18 Å². The Morgan fingerprint density at radius 1 is 1.07 bits per heavy atom. The summed E-state index contributed by atoms with van der Waals surface area (Å²) in [6.07, 6.45) is -1.95. The molecule has 0 spiro atoms. The van der Waals surface area contributed by atoms with Crippen LogP contribution in [0.15, 0.2) is 53.7 Å². The summed E-state index contributed by atoms with van der Waals surface area (Å²) in [5.74, 6) is -1.30. The Hall–Kier alpha value is -3.28. The molecule has 3 aromatic rings. The standard InChI is InChI=1S/C18H15F4N3O4S/c1-28-15-9-12(19)17(10-16(15)29-2)30(26,27)24-13-8-11(18(20,21)22)4-5-14(13)25-7-3-6-23-25/h3-10,24H,1-2H3. The Labute approximate surface area is 168 Å². The van der Waals surface area contributed by atoms with Gasteiger partial charge in [-0.1, -0.05) is 0 Å². The lowest BCUT2D eigenvalue weighted by molar-refractivity contribution is -0.137. The van der Waals surface area contributed by atoms with Gasteiger partial charge in [-0.25, -0.2) is 17.5 Å². The molecule has 0 aliphatic carbocycles. The zero-order valence-electron chi connectivity index (χ0n) is 15.6. The van der Waals surface area contributed by atoms with Crippen LogP contribution >= 0.6 is 0 Å². The number of nitrogens with one attached hydrogen (secondary N) is 1. The summed E-state index contributed by atoms with van der Waals surface area (Å²) in [6, 6.07) is 5.62. The molecule has 1 heterocycles. The van der Waals surface area contributed by atoms with Crippen LogP contribution in [-0.2, 0) is 16.2 Å². The van der Waals surface area contributed by atoms with Gasteiger partial charge in [-0.2, -0.15) is 18.3 Å². The topological polar surface area (TPSA) is 82.5 Å². The second-order valence-corrected chi connectivity index (χ2v) is 7.57.